The number of aliphatic hydroxyl groups is 1. The zero-order chi connectivity index (χ0) is 16.2. The second-order valence-electron chi connectivity index (χ2n) is 4.53. The summed E-state index contributed by atoms with van der Waals surface area (Å²) in [7, 11) is 2.95. The second kappa shape index (κ2) is 7.63. The molecule has 1 rings (SSSR count). The number of methoxy groups -OCH3 is 2. The van der Waals surface area contributed by atoms with E-state index in [0.717, 1.165) is 0 Å². The monoisotopic (exact) mass is 362 g/mol. The minimum Gasteiger partial charge on any atom is -0.493 e. The van der Waals surface area contributed by atoms with Gasteiger partial charge < -0.3 is 24.4 Å². The summed E-state index contributed by atoms with van der Waals surface area (Å²) in [6.07, 6.45) is -2.65. The zero-order valence-electron chi connectivity index (χ0n) is 12.3. The maximum Gasteiger partial charge on any atom is 0.337 e. The van der Waals surface area contributed by atoms with Crippen molar-refractivity contribution in [3.8, 4) is 11.5 Å². The summed E-state index contributed by atoms with van der Waals surface area (Å²) in [4.78, 5) is 11.5. The molecule has 118 valence electrons. The van der Waals surface area contributed by atoms with Crippen LogP contribution in [0.15, 0.2) is 16.6 Å². The summed E-state index contributed by atoms with van der Waals surface area (Å²) in [5, 5.41) is 18.8. The molecule has 0 fully saturated rings. The van der Waals surface area contributed by atoms with Gasteiger partial charge in [0.25, 0.3) is 0 Å². The van der Waals surface area contributed by atoms with E-state index in [-0.39, 0.29) is 0 Å². The average Bonchev–Trinajstić information content (AvgIpc) is 2.43. The second-order valence-corrected chi connectivity index (χ2v) is 5.38. The van der Waals surface area contributed by atoms with E-state index < -0.39 is 24.3 Å². The summed E-state index contributed by atoms with van der Waals surface area (Å²) < 4.78 is 16.3. The van der Waals surface area contributed by atoms with Crippen LogP contribution in [0.3, 0.4) is 0 Å². The first-order valence-electron chi connectivity index (χ1n) is 6.29. The van der Waals surface area contributed by atoms with Gasteiger partial charge in [0, 0.05) is 10.0 Å². The van der Waals surface area contributed by atoms with Crippen molar-refractivity contribution in [2.45, 2.75) is 32.2 Å². The molecule has 0 aliphatic carbocycles. The van der Waals surface area contributed by atoms with E-state index in [1.54, 1.807) is 13.0 Å². The highest BCUT2D eigenvalue weighted by molar-refractivity contribution is 9.10. The lowest BCUT2D eigenvalue weighted by molar-refractivity contribution is -0.158. The summed E-state index contributed by atoms with van der Waals surface area (Å²) in [6, 6.07) is 3.15. The van der Waals surface area contributed by atoms with E-state index in [1.807, 2.05) is 0 Å². The molecule has 0 aliphatic heterocycles. The van der Waals surface area contributed by atoms with Crippen molar-refractivity contribution in [3.05, 3.63) is 22.2 Å². The number of aliphatic carboxylic acids is 1. The number of aliphatic hydroxyl groups excluding tert-OH is 1. The van der Waals surface area contributed by atoms with Crippen molar-refractivity contribution >= 4 is 21.9 Å². The Morgan fingerprint density at radius 2 is 1.71 bits per heavy atom. The van der Waals surface area contributed by atoms with Crippen molar-refractivity contribution in [2.24, 2.45) is 0 Å². The van der Waals surface area contributed by atoms with E-state index in [2.05, 4.69) is 15.9 Å². The topological polar surface area (TPSA) is 85.2 Å². The van der Waals surface area contributed by atoms with Gasteiger partial charge in [0.15, 0.2) is 17.6 Å². The largest absolute Gasteiger partial charge is 0.493 e. The Kier molecular flexibility index (Phi) is 6.44. The lowest BCUT2D eigenvalue weighted by atomic mass is 10.1. The van der Waals surface area contributed by atoms with Crippen LogP contribution in [0.25, 0.3) is 0 Å². The minimum atomic E-state index is -1.23. The Hall–Kier alpha value is -1.31. The van der Waals surface area contributed by atoms with Gasteiger partial charge >= 0.3 is 5.97 Å². The van der Waals surface area contributed by atoms with E-state index >= 15 is 0 Å². The SMILES string of the molecule is COc1cc(Br)c(C(OC(C)C(C)O)C(=O)O)cc1OC. The first kappa shape index (κ1) is 17.7. The molecule has 0 saturated heterocycles. The van der Waals surface area contributed by atoms with Crippen LogP contribution in [0.2, 0.25) is 0 Å². The fourth-order valence-corrected chi connectivity index (χ4v) is 2.19. The van der Waals surface area contributed by atoms with Gasteiger partial charge in [0.1, 0.15) is 0 Å². The number of halogens is 1. The van der Waals surface area contributed by atoms with Gasteiger partial charge in [-0.3, -0.25) is 0 Å². The molecule has 21 heavy (non-hydrogen) atoms. The van der Waals surface area contributed by atoms with Gasteiger partial charge in [-0.25, -0.2) is 4.79 Å². The highest BCUT2D eigenvalue weighted by atomic mass is 79.9. The molecule has 1 aromatic carbocycles. The van der Waals surface area contributed by atoms with Crippen molar-refractivity contribution in [2.75, 3.05) is 14.2 Å². The fourth-order valence-electron chi connectivity index (χ4n) is 1.66. The zero-order valence-corrected chi connectivity index (χ0v) is 13.9. The molecule has 3 atom stereocenters. The average molecular weight is 363 g/mol. The summed E-state index contributed by atoms with van der Waals surface area (Å²) in [5.41, 5.74) is 0.382. The smallest absolute Gasteiger partial charge is 0.337 e. The molecule has 0 aromatic heterocycles. The van der Waals surface area contributed by atoms with Crippen LogP contribution in [0.5, 0.6) is 11.5 Å². The number of carboxylic acids is 1. The first-order valence-corrected chi connectivity index (χ1v) is 7.08. The van der Waals surface area contributed by atoms with Gasteiger partial charge in [0.05, 0.1) is 26.4 Å². The normalized spacial score (nSPS) is 15.1. The number of benzene rings is 1. The fraction of sp³-hybridized carbons (Fsp3) is 0.500. The Bertz CT molecular complexity index is 502. The number of carbonyl (C=O) groups is 1. The molecule has 0 amide bonds. The summed E-state index contributed by atoms with van der Waals surface area (Å²) in [6.45, 7) is 3.14. The molecule has 2 N–H and O–H groups in total. The predicted molar refractivity (Wildman–Crippen MR) is 79.9 cm³/mol. The van der Waals surface area contributed by atoms with E-state index in [0.29, 0.717) is 21.5 Å². The van der Waals surface area contributed by atoms with Crippen LogP contribution < -0.4 is 9.47 Å². The van der Waals surface area contributed by atoms with Crippen molar-refractivity contribution in [3.63, 3.8) is 0 Å². The molecule has 0 spiro atoms. The lowest BCUT2D eigenvalue weighted by Crippen LogP contribution is -2.28. The maximum absolute atomic E-state index is 11.5. The van der Waals surface area contributed by atoms with Crippen LogP contribution in [0, 0.1) is 0 Å². The van der Waals surface area contributed by atoms with Crippen LogP contribution in [0.4, 0.5) is 0 Å². The Balaban J connectivity index is 3.22. The Morgan fingerprint density at radius 3 is 2.14 bits per heavy atom. The highest BCUT2D eigenvalue weighted by Gasteiger charge is 2.28. The van der Waals surface area contributed by atoms with E-state index in [1.165, 1.54) is 27.2 Å². The van der Waals surface area contributed by atoms with E-state index in [9.17, 15) is 15.0 Å². The predicted octanol–water partition coefficient (Wildman–Crippen LogP) is 2.38. The van der Waals surface area contributed by atoms with Crippen LogP contribution in [-0.4, -0.2) is 42.6 Å². The van der Waals surface area contributed by atoms with Crippen LogP contribution >= 0.6 is 15.9 Å². The van der Waals surface area contributed by atoms with Crippen LogP contribution in [-0.2, 0) is 9.53 Å². The molecule has 0 aliphatic rings. The lowest BCUT2D eigenvalue weighted by Gasteiger charge is -2.23. The van der Waals surface area contributed by atoms with Crippen molar-refractivity contribution in [1.29, 1.82) is 0 Å². The molecule has 3 unspecified atom stereocenters. The van der Waals surface area contributed by atoms with Crippen molar-refractivity contribution in [1.82, 2.24) is 0 Å². The molecule has 6 nitrogen and oxygen atoms in total. The summed E-state index contributed by atoms with van der Waals surface area (Å²) >= 11 is 3.31. The molecule has 0 radical (unpaired) electrons. The first-order chi connectivity index (χ1) is 9.81. The molecular formula is C14H19BrO6. The van der Waals surface area contributed by atoms with Gasteiger partial charge in [0.2, 0.25) is 0 Å². The molecule has 0 heterocycles. The number of carboxylic acid groups (broad SMARTS) is 1. The van der Waals surface area contributed by atoms with Crippen molar-refractivity contribution < 1.29 is 29.2 Å². The minimum absolute atomic E-state index is 0.382. The Morgan fingerprint density at radius 1 is 1.19 bits per heavy atom. The Labute approximate surface area is 131 Å². The molecular weight excluding hydrogens is 344 g/mol. The third kappa shape index (κ3) is 4.33. The van der Waals surface area contributed by atoms with Gasteiger partial charge in [-0.05, 0) is 26.0 Å². The number of ether oxygens (including phenoxy) is 3. The maximum atomic E-state index is 11.5. The highest BCUT2D eigenvalue weighted by Crippen LogP contribution is 2.37. The molecule has 0 saturated carbocycles. The quantitative estimate of drug-likeness (QED) is 0.774. The van der Waals surface area contributed by atoms with E-state index in [4.69, 9.17) is 14.2 Å². The number of hydrogen-bond acceptors (Lipinski definition) is 5. The molecule has 7 heteroatoms. The standard InChI is InChI=1S/C14H19BrO6/c1-7(16)8(2)21-13(14(17)18)9-5-11(19-3)12(20-4)6-10(9)15/h5-8,13,16H,1-4H3,(H,17,18). The third-order valence-electron chi connectivity index (χ3n) is 3.04. The van der Waals surface area contributed by atoms with Gasteiger partial charge in [-0.1, -0.05) is 15.9 Å². The van der Waals surface area contributed by atoms with Gasteiger partial charge in [-0.15, -0.1) is 0 Å². The molecule has 0 bridgehead atoms. The number of rotatable bonds is 7. The summed E-state index contributed by atoms with van der Waals surface area (Å²) in [5.74, 6) is -0.286. The van der Waals surface area contributed by atoms with Crippen LogP contribution in [0.1, 0.15) is 25.5 Å². The molecule has 1 aromatic rings. The third-order valence-corrected chi connectivity index (χ3v) is 3.73. The van der Waals surface area contributed by atoms with Gasteiger partial charge in [-0.2, -0.15) is 0 Å². The number of hydrogen-bond donors (Lipinski definition) is 2.